The fourth-order valence-corrected chi connectivity index (χ4v) is 2.39. The molecule has 118 valence electrons. The van der Waals surface area contributed by atoms with Crippen molar-refractivity contribution in [1.82, 2.24) is 4.90 Å². The summed E-state index contributed by atoms with van der Waals surface area (Å²) in [6, 6.07) is 6.00. The molecule has 21 heavy (non-hydrogen) atoms. The van der Waals surface area contributed by atoms with Crippen LogP contribution in [0.4, 0.5) is 5.69 Å². The van der Waals surface area contributed by atoms with Gasteiger partial charge in [-0.3, -0.25) is 4.79 Å². The van der Waals surface area contributed by atoms with E-state index in [4.69, 9.17) is 4.74 Å². The molecule has 1 unspecified atom stereocenters. The van der Waals surface area contributed by atoms with Crippen LogP contribution >= 0.6 is 0 Å². The van der Waals surface area contributed by atoms with Gasteiger partial charge in [-0.1, -0.05) is 13.0 Å². The monoisotopic (exact) mass is 292 g/mol. The molecule has 0 saturated carbocycles. The van der Waals surface area contributed by atoms with E-state index in [1.54, 1.807) is 7.11 Å². The van der Waals surface area contributed by atoms with Crippen LogP contribution in [0.5, 0.6) is 0 Å². The van der Waals surface area contributed by atoms with Gasteiger partial charge in [-0.05, 0) is 44.9 Å². The van der Waals surface area contributed by atoms with Crippen molar-refractivity contribution in [3.8, 4) is 0 Å². The first kappa shape index (κ1) is 17.5. The van der Waals surface area contributed by atoms with Crippen LogP contribution in [0, 0.1) is 6.92 Å². The maximum absolute atomic E-state index is 12.8. The molecule has 0 spiro atoms. The van der Waals surface area contributed by atoms with Crippen LogP contribution in [0.3, 0.4) is 0 Å². The van der Waals surface area contributed by atoms with Crippen molar-refractivity contribution in [2.24, 2.45) is 0 Å². The van der Waals surface area contributed by atoms with Gasteiger partial charge < -0.3 is 15.0 Å². The predicted octanol–water partition coefficient (Wildman–Crippen LogP) is 3.31. The highest BCUT2D eigenvalue weighted by Gasteiger charge is 2.22. The summed E-state index contributed by atoms with van der Waals surface area (Å²) in [4.78, 5) is 14.7. The van der Waals surface area contributed by atoms with Gasteiger partial charge in [0.1, 0.15) is 0 Å². The summed E-state index contributed by atoms with van der Waals surface area (Å²) in [6.45, 7) is 10.2. The Morgan fingerprint density at radius 1 is 1.38 bits per heavy atom. The lowest BCUT2D eigenvalue weighted by atomic mass is 10.1. The third-order valence-electron chi connectivity index (χ3n) is 3.51. The Morgan fingerprint density at radius 3 is 2.67 bits per heavy atom. The van der Waals surface area contributed by atoms with Crippen LogP contribution in [0.15, 0.2) is 18.2 Å². The summed E-state index contributed by atoms with van der Waals surface area (Å²) in [5, 5.41) is 3.36. The number of amides is 1. The lowest BCUT2D eigenvalue weighted by molar-refractivity contribution is 0.0580. The molecule has 0 radical (unpaired) electrons. The molecule has 1 rings (SSSR count). The van der Waals surface area contributed by atoms with Crippen molar-refractivity contribution < 1.29 is 9.53 Å². The molecule has 1 aromatic rings. The van der Waals surface area contributed by atoms with E-state index in [0.29, 0.717) is 13.2 Å². The lowest BCUT2D eigenvalue weighted by Crippen LogP contribution is -2.41. The normalized spacial score (nSPS) is 12.0. The highest BCUT2D eigenvalue weighted by atomic mass is 16.5. The second-order valence-electron chi connectivity index (χ2n) is 5.37. The molecule has 0 fully saturated rings. The molecule has 1 aromatic carbocycles. The van der Waals surface area contributed by atoms with Gasteiger partial charge in [0.05, 0.1) is 18.2 Å². The largest absolute Gasteiger partial charge is 0.384 e. The highest BCUT2D eigenvalue weighted by molar-refractivity contribution is 6.00. The number of carbonyl (C=O) groups is 1. The number of nitrogens with zero attached hydrogens (tertiary/aromatic N) is 1. The van der Waals surface area contributed by atoms with Crippen molar-refractivity contribution >= 4 is 11.6 Å². The second-order valence-corrected chi connectivity index (χ2v) is 5.37. The zero-order chi connectivity index (χ0) is 15.8. The van der Waals surface area contributed by atoms with Crippen LogP contribution in [0.1, 0.15) is 43.1 Å². The SMILES string of the molecule is CCCNc1cc(C)ccc1C(=O)N(CC)C(C)COC. The molecule has 4 nitrogen and oxygen atoms in total. The van der Waals surface area contributed by atoms with Crippen molar-refractivity contribution in [2.45, 2.75) is 40.2 Å². The average Bonchev–Trinajstić information content (AvgIpc) is 2.46. The third-order valence-corrected chi connectivity index (χ3v) is 3.51. The van der Waals surface area contributed by atoms with Gasteiger partial charge in [0.2, 0.25) is 0 Å². The number of aryl methyl sites for hydroxylation is 1. The molecule has 0 aromatic heterocycles. The molecule has 0 heterocycles. The first-order valence-electron chi connectivity index (χ1n) is 7.69. The lowest BCUT2D eigenvalue weighted by Gasteiger charge is -2.28. The third kappa shape index (κ3) is 4.74. The van der Waals surface area contributed by atoms with Gasteiger partial charge in [-0.25, -0.2) is 0 Å². The zero-order valence-corrected chi connectivity index (χ0v) is 13.9. The Kier molecular flexibility index (Phi) is 7.23. The molecule has 1 amide bonds. The number of benzene rings is 1. The van der Waals surface area contributed by atoms with Gasteiger partial charge >= 0.3 is 0 Å². The molecule has 0 saturated heterocycles. The summed E-state index contributed by atoms with van der Waals surface area (Å²) >= 11 is 0. The van der Waals surface area contributed by atoms with E-state index in [1.807, 2.05) is 43.9 Å². The standard InChI is InChI=1S/C17H28N2O2/c1-6-10-18-16-11-13(3)8-9-15(16)17(20)19(7-2)14(4)12-21-5/h8-9,11,14,18H,6-7,10,12H2,1-5H3. The average molecular weight is 292 g/mol. The van der Waals surface area contributed by atoms with E-state index >= 15 is 0 Å². The Balaban J connectivity index is 3.03. The molecular weight excluding hydrogens is 264 g/mol. The van der Waals surface area contributed by atoms with Crippen molar-refractivity contribution in [3.63, 3.8) is 0 Å². The van der Waals surface area contributed by atoms with Crippen LogP contribution in [-0.4, -0.2) is 43.7 Å². The maximum Gasteiger partial charge on any atom is 0.256 e. The highest BCUT2D eigenvalue weighted by Crippen LogP contribution is 2.20. The van der Waals surface area contributed by atoms with Gasteiger partial charge in [-0.15, -0.1) is 0 Å². The van der Waals surface area contributed by atoms with E-state index in [1.165, 1.54) is 0 Å². The van der Waals surface area contributed by atoms with E-state index in [2.05, 4.69) is 12.2 Å². The van der Waals surface area contributed by atoms with E-state index in [-0.39, 0.29) is 11.9 Å². The number of carbonyl (C=O) groups excluding carboxylic acids is 1. The quantitative estimate of drug-likeness (QED) is 0.799. The second kappa shape index (κ2) is 8.67. The van der Waals surface area contributed by atoms with Crippen molar-refractivity contribution in [1.29, 1.82) is 0 Å². The van der Waals surface area contributed by atoms with Crippen LogP contribution in [0.25, 0.3) is 0 Å². The maximum atomic E-state index is 12.8. The molecule has 4 heteroatoms. The number of ether oxygens (including phenoxy) is 1. The zero-order valence-electron chi connectivity index (χ0n) is 13.9. The number of hydrogen-bond acceptors (Lipinski definition) is 3. The Hall–Kier alpha value is -1.55. The number of hydrogen-bond donors (Lipinski definition) is 1. The summed E-state index contributed by atoms with van der Waals surface area (Å²) in [7, 11) is 1.66. The van der Waals surface area contributed by atoms with E-state index < -0.39 is 0 Å². The minimum atomic E-state index is 0.0562. The smallest absolute Gasteiger partial charge is 0.256 e. The summed E-state index contributed by atoms with van der Waals surface area (Å²) < 4.78 is 5.18. The Morgan fingerprint density at radius 2 is 2.10 bits per heavy atom. The number of nitrogens with one attached hydrogen (secondary N) is 1. The number of anilines is 1. The van der Waals surface area contributed by atoms with Crippen LogP contribution < -0.4 is 5.32 Å². The minimum Gasteiger partial charge on any atom is -0.384 e. The van der Waals surface area contributed by atoms with Gasteiger partial charge in [0.15, 0.2) is 0 Å². The molecule has 1 N–H and O–H groups in total. The first-order valence-corrected chi connectivity index (χ1v) is 7.69. The topological polar surface area (TPSA) is 41.6 Å². The van der Waals surface area contributed by atoms with E-state index in [0.717, 1.165) is 29.8 Å². The molecule has 0 aliphatic heterocycles. The predicted molar refractivity (Wildman–Crippen MR) is 88.0 cm³/mol. The number of rotatable bonds is 8. The molecule has 0 bridgehead atoms. The summed E-state index contributed by atoms with van der Waals surface area (Å²) in [5.41, 5.74) is 2.81. The first-order chi connectivity index (χ1) is 10.0. The molecule has 0 aliphatic carbocycles. The molecule has 0 aliphatic rings. The minimum absolute atomic E-state index is 0.0562. The van der Waals surface area contributed by atoms with Crippen LogP contribution in [-0.2, 0) is 4.74 Å². The Bertz CT molecular complexity index is 460. The fourth-order valence-electron chi connectivity index (χ4n) is 2.39. The van der Waals surface area contributed by atoms with Crippen molar-refractivity contribution in [2.75, 3.05) is 32.1 Å². The molecular formula is C17H28N2O2. The van der Waals surface area contributed by atoms with E-state index in [9.17, 15) is 4.79 Å². The van der Waals surface area contributed by atoms with Crippen LogP contribution in [0.2, 0.25) is 0 Å². The summed E-state index contributed by atoms with van der Waals surface area (Å²) in [6.07, 6.45) is 1.03. The molecule has 1 atom stereocenters. The Labute approximate surface area is 128 Å². The number of methoxy groups -OCH3 is 1. The van der Waals surface area contributed by atoms with Crippen molar-refractivity contribution in [3.05, 3.63) is 29.3 Å². The van der Waals surface area contributed by atoms with Gasteiger partial charge in [-0.2, -0.15) is 0 Å². The van der Waals surface area contributed by atoms with Gasteiger partial charge in [0, 0.05) is 25.9 Å². The van der Waals surface area contributed by atoms with Gasteiger partial charge in [0.25, 0.3) is 5.91 Å². The number of likely N-dealkylation sites (N-methyl/N-ethyl adjacent to an activating group) is 1. The summed E-state index contributed by atoms with van der Waals surface area (Å²) in [5.74, 6) is 0.0562. The fraction of sp³-hybridized carbons (Fsp3) is 0.588.